The number of carbonyl (C=O) groups excluding carboxylic acids is 1. The fourth-order valence-corrected chi connectivity index (χ4v) is 3.45. The van der Waals surface area contributed by atoms with Crippen LogP contribution in [0.3, 0.4) is 0 Å². The number of aryl methyl sites for hydroxylation is 1. The maximum Gasteiger partial charge on any atom is 0.417 e. The molecule has 1 unspecified atom stereocenters. The van der Waals surface area contributed by atoms with Gasteiger partial charge in [0.25, 0.3) is 0 Å². The molecule has 9 heteroatoms. The van der Waals surface area contributed by atoms with Gasteiger partial charge in [-0.25, -0.2) is 4.98 Å². The fourth-order valence-electron chi connectivity index (χ4n) is 2.26. The highest BCUT2D eigenvalue weighted by molar-refractivity contribution is 7.13. The van der Waals surface area contributed by atoms with Crippen LogP contribution >= 0.6 is 22.9 Å². The summed E-state index contributed by atoms with van der Waals surface area (Å²) in [6.45, 7) is 5.33. The van der Waals surface area contributed by atoms with Crippen LogP contribution in [-0.4, -0.2) is 15.8 Å². The van der Waals surface area contributed by atoms with E-state index in [2.05, 4.69) is 9.97 Å². The molecular weight excluding hydrogens is 387 g/mol. The highest BCUT2D eigenvalue weighted by Crippen LogP contribution is 2.34. The molecular formula is C17H19ClF3N3OS. The van der Waals surface area contributed by atoms with Crippen LogP contribution in [0, 0.1) is 5.92 Å². The molecule has 0 spiro atoms. The zero-order valence-corrected chi connectivity index (χ0v) is 16.1. The lowest BCUT2D eigenvalue weighted by molar-refractivity contribution is -0.137. The summed E-state index contributed by atoms with van der Waals surface area (Å²) in [5, 5.41) is 0.217. The second-order valence-electron chi connectivity index (χ2n) is 6.71. The highest BCUT2D eigenvalue weighted by atomic mass is 35.5. The van der Waals surface area contributed by atoms with Crippen molar-refractivity contribution in [2.75, 3.05) is 0 Å². The average Bonchev–Trinajstić information content (AvgIpc) is 3.02. The van der Waals surface area contributed by atoms with E-state index in [9.17, 15) is 18.0 Å². The third-order valence-corrected chi connectivity index (χ3v) is 5.45. The molecule has 0 saturated carbocycles. The van der Waals surface area contributed by atoms with Crippen LogP contribution in [0.5, 0.6) is 0 Å². The highest BCUT2D eigenvalue weighted by Gasteiger charge is 2.33. The maximum absolute atomic E-state index is 12.9. The van der Waals surface area contributed by atoms with Crippen molar-refractivity contribution in [2.24, 2.45) is 11.7 Å². The molecule has 0 aliphatic rings. The Morgan fingerprint density at radius 1 is 1.31 bits per heavy atom. The summed E-state index contributed by atoms with van der Waals surface area (Å²) >= 11 is 6.80. The Bertz CT molecular complexity index is 799. The molecule has 0 radical (unpaired) electrons. The number of hydrogen-bond acceptors (Lipinski definition) is 5. The molecule has 26 heavy (non-hydrogen) atoms. The van der Waals surface area contributed by atoms with E-state index < -0.39 is 22.3 Å². The number of hydrogen-bond donors (Lipinski definition) is 1. The molecule has 0 bridgehead atoms. The van der Waals surface area contributed by atoms with Crippen LogP contribution in [0.15, 0.2) is 18.5 Å². The van der Waals surface area contributed by atoms with Gasteiger partial charge in [0.1, 0.15) is 5.01 Å². The molecule has 0 saturated heterocycles. The first-order valence-corrected chi connectivity index (χ1v) is 9.10. The lowest BCUT2D eigenvalue weighted by atomic mass is 9.98. The van der Waals surface area contributed by atoms with Crippen molar-refractivity contribution in [3.05, 3.63) is 44.6 Å². The molecule has 0 amide bonds. The Hall–Kier alpha value is -1.51. The van der Waals surface area contributed by atoms with Crippen LogP contribution in [0.2, 0.25) is 5.02 Å². The number of thiazole rings is 1. The van der Waals surface area contributed by atoms with Gasteiger partial charge in [0.2, 0.25) is 0 Å². The van der Waals surface area contributed by atoms with Crippen LogP contribution in [0.25, 0.3) is 0 Å². The van der Waals surface area contributed by atoms with Crippen molar-refractivity contribution < 1.29 is 18.0 Å². The van der Waals surface area contributed by atoms with Gasteiger partial charge in [0, 0.05) is 24.0 Å². The molecule has 0 aliphatic heterocycles. The minimum Gasteiger partial charge on any atom is -0.320 e. The summed E-state index contributed by atoms with van der Waals surface area (Å²) < 4.78 is 38.7. The van der Waals surface area contributed by atoms with Gasteiger partial charge in [0.05, 0.1) is 21.0 Å². The lowest BCUT2D eigenvalue weighted by Crippen LogP contribution is -2.28. The monoisotopic (exact) mass is 405 g/mol. The fraction of sp³-hybridized carbons (Fsp3) is 0.471. The Morgan fingerprint density at radius 2 is 1.96 bits per heavy atom. The van der Waals surface area contributed by atoms with E-state index in [0.717, 1.165) is 12.3 Å². The summed E-state index contributed by atoms with van der Waals surface area (Å²) in [6, 6.07) is 0.932. The molecule has 2 aromatic heterocycles. The number of Topliss-reactive ketones (excluding diaryl/α,β-unsaturated/α-hetero) is 1. The van der Waals surface area contributed by atoms with Crippen molar-refractivity contribution >= 4 is 28.7 Å². The Labute approximate surface area is 158 Å². The van der Waals surface area contributed by atoms with Gasteiger partial charge < -0.3 is 5.73 Å². The predicted octanol–water partition coefficient (Wildman–Crippen LogP) is 4.86. The molecule has 142 valence electrons. The van der Waals surface area contributed by atoms with Gasteiger partial charge in [-0.05, 0) is 32.8 Å². The average molecular weight is 406 g/mol. The summed E-state index contributed by atoms with van der Waals surface area (Å²) in [5.74, 6) is -0.487. The molecule has 0 fully saturated rings. The first-order valence-electron chi connectivity index (χ1n) is 7.90. The van der Waals surface area contributed by atoms with E-state index in [4.69, 9.17) is 17.3 Å². The molecule has 1 atom stereocenters. The molecule has 2 aromatic rings. The van der Waals surface area contributed by atoms with Crippen LogP contribution in [0.4, 0.5) is 13.2 Å². The maximum atomic E-state index is 12.9. The number of nitrogens with two attached hydrogens (primary N) is 1. The standard InChI is InChI=1S/C17H19ClF3N3OS/c1-9(14(25)13-8-24-15(26-13)16(2,3)22)4-5-10-6-11(17(19,20)21)12(18)7-23-10/h6-9H,4-5,22H2,1-3H3. The number of alkyl halides is 3. The van der Waals surface area contributed by atoms with Crippen molar-refractivity contribution in [1.82, 2.24) is 9.97 Å². The van der Waals surface area contributed by atoms with Gasteiger partial charge in [-0.1, -0.05) is 18.5 Å². The van der Waals surface area contributed by atoms with Gasteiger partial charge in [-0.2, -0.15) is 13.2 Å². The zero-order chi connectivity index (χ0) is 19.7. The van der Waals surface area contributed by atoms with Crippen LogP contribution < -0.4 is 5.73 Å². The van der Waals surface area contributed by atoms with E-state index >= 15 is 0 Å². The summed E-state index contributed by atoms with van der Waals surface area (Å²) in [4.78, 5) is 21.1. The summed E-state index contributed by atoms with van der Waals surface area (Å²) in [6.07, 6.45) is -1.45. The topological polar surface area (TPSA) is 68.9 Å². The van der Waals surface area contributed by atoms with Crippen molar-refractivity contribution in [2.45, 2.75) is 45.3 Å². The van der Waals surface area contributed by atoms with Crippen LogP contribution in [-0.2, 0) is 18.1 Å². The third-order valence-electron chi connectivity index (χ3n) is 3.80. The molecule has 0 aromatic carbocycles. The number of carbonyl (C=O) groups is 1. The number of pyridine rings is 1. The molecule has 2 heterocycles. The summed E-state index contributed by atoms with van der Waals surface area (Å²) in [7, 11) is 0. The van der Waals surface area contributed by atoms with Crippen LogP contribution in [0.1, 0.15) is 53.1 Å². The molecule has 2 rings (SSSR count). The predicted molar refractivity (Wildman–Crippen MR) is 95.4 cm³/mol. The van der Waals surface area contributed by atoms with Crippen molar-refractivity contribution in [3.8, 4) is 0 Å². The molecule has 0 aliphatic carbocycles. The minimum atomic E-state index is -4.54. The van der Waals surface area contributed by atoms with Gasteiger partial charge >= 0.3 is 6.18 Å². The number of rotatable bonds is 6. The Balaban J connectivity index is 2.05. The largest absolute Gasteiger partial charge is 0.417 e. The normalized spacial score (nSPS) is 13.7. The Morgan fingerprint density at radius 3 is 2.50 bits per heavy atom. The van der Waals surface area contributed by atoms with E-state index in [1.807, 2.05) is 0 Å². The first kappa shape index (κ1) is 20.8. The number of ketones is 1. The van der Waals surface area contributed by atoms with Gasteiger partial charge in [-0.3, -0.25) is 9.78 Å². The van der Waals surface area contributed by atoms with Crippen molar-refractivity contribution in [1.29, 1.82) is 0 Å². The first-order chi connectivity index (χ1) is 11.9. The quantitative estimate of drug-likeness (QED) is 0.697. The van der Waals surface area contributed by atoms with Gasteiger partial charge in [0.15, 0.2) is 5.78 Å². The number of aromatic nitrogens is 2. The third kappa shape index (κ3) is 5.02. The molecule has 2 N–H and O–H groups in total. The second-order valence-corrected chi connectivity index (χ2v) is 8.15. The second kappa shape index (κ2) is 7.62. The zero-order valence-electron chi connectivity index (χ0n) is 14.5. The summed E-state index contributed by atoms with van der Waals surface area (Å²) in [5.41, 5.74) is 4.67. The van der Waals surface area contributed by atoms with E-state index in [-0.39, 0.29) is 23.8 Å². The van der Waals surface area contributed by atoms with E-state index in [1.165, 1.54) is 17.5 Å². The number of halogens is 4. The lowest BCUT2D eigenvalue weighted by Gasteiger charge is -2.14. The van der Waals surface area contributed by atoms with Crippen molar-refractivity contribution in [3.63, 3.8) is 0 Å². The van der Waals surface area contributed by atoms with E-state index in [1.54, 1.807) is 20.8 Å². The minimum absolute atomic E-state index is 0.108. The van der Waals surface area contributed by atoms with Gasteiger partial charge in [-0.15, -0.1) is 11.3 Å². The SMILES string of the molecule is CC(CCc1cc(C(F)(F)F)c(Cl)cn1)C(=O)c1cnc(C(C)(C)N)s1. The Kier molecular flexibility index (Phi) is 6.09. The molecule has 4 nitrogen and oxygen atoms in total. The smallest absolute Gasteiger partial charge is 0.320 e. The number of nitrogens with zero attached hydrogens (tertiary/aromatic N) is 2. The van der Waals surface area contributed by atoms with E-state index in [0.29, 0.717) is 16.3 Å².